The molecule has 3 rings (SSSR count). The fourth-order valence-electron chi connectivity index (χ4n) is 1.94. The van der Waals surface area contributed by atoms with Gasteiger partial charge in [0, 0.05) is 30.7 Å². The van der Waals surface area contributed by atoms with Gasteiger partial charge in [-0.05, 0) is 62.6 Å². The fourth-order valence-corrected chi connectivity index (χ4v) is 1.94. The Morgan fingerprint density at radius 3 is 1.29 bits per heavy atom. The van der Waals surface area contributed by atoms with Crippen LogP contribution in [0.2, 0.25) is 0 Å². The Labute approximate surface area is 217 Å². The number of hydrogen-bond donors (Lipinski definition) is 0. The van der Waals surface area contributed by atoms with Crippen molar-refractivity contribution in [1.29, 1.82) is 0 Å². The van der Waals surface area contributed by atoms with E-state index in [-0.39, 0.29) is 41.3 Å². The summed E-state index contributed by atoms with van der Waals surface area (Å²) in [6.45, 7) is 23.1. The summed E-state index contributed by atoms with van der Waals surface area (Å²) >= 11 is 0. The van der Waals surface area contributed by atoms with E-state index in [1.54, 1.807) is 35.3 Å². The van der Waals surface area contributed by atoms with Crippen molar-refractivity contribution in [2.24, 2.45) is 17.8 Å². The van der Waals surface area contributed by atoms with E-state index in [0.29, 0.717) is 0 Å². The van der Waals surface area contributed by atoms with Gasteiger partial charge >= 0.3 is 0 Å². The largest absolute Gasteiger partial charge is 0.313 e. The van der Waals surface area contributed by atoms with Gasteiger partial charge in [0.25, 0.3) is 5.56 Å². The lowest BCUT2D eigenvalue weighted by Crippen LogP contribution is -2.19. The molecular weight excluding hydrogens is 416 g/mol. The Hall–Kier alpha value is -1.90. The zero-order valence-corrected chi connectivity index (χ0v) is 21.7. The Kier molecular flexibility index (Phi) is 51.7. The molecule has 0 N–H and O–H groups in total. The van der Waals surface area contributed by atoms with E-state index in [4.69, 9.17) is 0 Å². The van der Waals surface area contributed by atoms with Crippen LogP contribution in [-0.4, -0.2) is 9.55 Å². The molecule has 1 fully saturated rings. The van der Waals surface area contributed by atoms with Crippen molar-refractivity contribution in [2.45, 2.75) is 125 Å². The van der Waals surface area contributed by atoms with Crippen molar-refractivity contribution >= 4 is 0 Å². The molecule has 2 aromatic heterocycles. The van der Waals surface area contributed by atoms with Gasteiger partial charge in [-0.1, -0.05) is 104 Å². The number of rotatable bonds is 2. The molecule has 0 bridgehead atoms. The van der Waals surface area contributed by atoms with Gasteiger partial charge in [-0.2, -0.15) is 0 Å². The highest BCUT2D eigenvalue weighted by atomic mass is 16.1. The molecule has 0 aromatic carbocycles. The SMILES string of the molecule is C.C.C.C.CC.CC.CC(C)C.CC(C)C1CC1.CC(C)n1ccccc1=O.c1ccncc1. The van der Waals surface area contributed by atoms with Crippen LogP contribution in [-0.2, 0) is 0 Å². The van der Waals surface area contributed by atoms with E-state index >= 15 is 0 Å². The van der Waals surface area contributed by atoms with Crippen LogP contribution in [0.3, 0.4) is 0 Å². The lowest BCUT2D eigenvalue weighted by atomic mass is 10.1. The average Bonchev–Trinajstić information content (AvgIpc) is 3.59. The van der Waals surface area contributed by atoms with Crippen LogP contribution < -0.4 is 5.56 Å². The predicted molar refractivity (Wildman–Crippen MR) is 163 cm³/mol. The van der Waals surface area contributed by atoms with Gasteiger partial charge in [-0.25, -0.2) is 0 Å². The quantitative estimate of drug-likeness (QED) is 0.426. The van der Waals surface area contributed by atoms with E-state index in [9.17, 15) is 4.79 Å². The van der Waals surface area contributed by atoms with Crippen LogP contribution in [0.1, 0.15) is 125 Å². The molecule has 0 radical (unpaired) electrons. The van der Waals surface area contributed by atoms with Crippen LogP contribution in [0.15, 0.2) is 59.8 Å². The molecular formula is C31H66N2O. The van der Waals surface area contributed by atoms with E-state index in [1.165, 1.54) is 12.8 Å². The maximum atomic E-state index is 11.0. The summed E-state index contributed by atoms with van der Waals surface area (Å²) in [6, 6.07) is 11.2. The van der Waals surface area contributed by atoms with Gasteiger partial charge in [0.2, 0.25) is 0 Å². The van der Waals surface area contributed by atoms with Crippen molar-refractivity contribution in [3.05, 3.63) is 65.3 Å². The van der Waals surface area contributed by atoms with Crippen molar-refractivity contribution in [1.82, 2.24) is 9.55 Å². The third-order valence-corrected chi connectivity index (χ3v) is 3.54. The van der Waals surface area contributed by atoms with Crippen molar-refractivity contribution in [3.8, 4) is 0 Å². The molecule has 34 heavy (non-hydrogen) atoms. The van der Waals surface area contributed by atoms with Crippen molar-refractivity contribution in [3.63, 3.8) is 0 Å². The summed E-state index contributed by atoms with van der Waals surface area (Å²) in [4.78, 5) is 14.8. The second kappa shape index (κ2) is 35.7. The first-order valence-electron chi connectivity index (χ1n) is 11.8. The third kappa shape index (κ3) is 37.4. The summed E-state index contributed by atoms with van der Waals surface area (Å²) in [7, 11) is 0. The molecule has 0 atom stereocenters. The van der Waals surface area contributed by atoms with Gasteiger partial charge in [-0.15, -0.1) is 0 Å². The van der Waals surface area contributed by atoms with Crippen LogP contribution in [0, 0.1) is 17.8 Å². The molecule has 2 aromatic rings. The molecule has 0 saturated heterocycles. The summed E-state index contributed by atoms with van der Waals surface area (Å²) in [5.74, 6) is 2.90. The highest BCUT2D eigenvalue weighted by Gasteiger charge is 2.23. The smallest absolute Gasteiger partial charge is 0.250 e. The monoisotopic (exact) mass is 483 g/mol. The fraction of sp³-hybridized carbons (Fsp3) is 0.677. The molecule has 206 valence electrons. The Bertz CT molecular complexity index is 571. The zero-order valence-electron chi connectivity index (χ0n) is 21.7. The second-order valence-electron chi connectivity index (χ2n) is 7.88. The van der Waals surface area contributed by atoms with Crippen LogP contribution in [0.25, 0.3) is 0 Å². The van der Waals surface area contributed by atoms with Crippen molar-refractivity contribution < 1.29 is 0 Å². The molecule has 0 amide bonds. The first-order chi connectivity index (χ1) is 14.3. The molecule has 1 aliphatic carbocycles. The zero-order chi connectivity index (χ0) is 23.9. The second-order valence-corrected chi connectivity index (χ2v) is 7.88. The normalized spacial score (nSPS) is 9.82. The van der Waals surface area contributed by atoms with Crippen molar-refractivity contribution in [2.75, 3.05) is 0 Å². The minimum Gasteiger partial charge on any atom is -0.313 e. The topological polar surface area (TPSA) is 34.9 Å². The summed E-state index contributed by atoms with van der Waals surface area (Å²) in [5.41, 5.74) is 0.0671. The number of aromatic nitrogens is 2. The first kappa shape index (κ1) is 49.3. The van der Waals surface area contributed by atoms with Gasteiger partial charge in [0.05, 0.1) is 0 Å². The number of hydrogen-bond acceptors (Lipinski definition) is 2. The standard InChI is InChI=1S/C8H11NO.C6H12.C5H5N.C4H10.2C2H6.4CH4/c1-7(2)9-6-4-3-5-8(9)10;1-5(2)6-3-4-6;1-2-4-6-5-3-1;1-4(2)3;2*1-2;;;;/h3-7H,1-2H3;5-6H,3-4H2,1-2H3;1-5H;4H,1-3H3;2*1-2H3;4*1H4. The van der Waals surface area contributed by atoms with Crippen LogP contribution in [0.5, 0.6) is 0 Å². The lowest BCUT2D eigenvalue weighted by Gasteiger charge is -2.06. The van der Waals surface area contributed by atoms with Gasteiger partial charge < -0.3 is 4.57 Å². The van der Waals surface area contributed by atoms with Gasteiger partial charge in [0.1, 0.15) is 0 Å². The van der Waals surface area contributed by atoms with E-state index in [0.717, 1.165) is 17.8 Å². The predicted octanol–water partition coefficient (Wildman–Crippen LogP) is 10.8. The van der Waals surface area contributed by atoms with Crippen LogP contribution >= 0.6 is 0 Å². The highest BCUT2D eigenvalue weighted by Crippen LogP contribution is 2.35. The maximum Gasteiger partial charge on any atom is 0.250 e. The number of pyridine rings is 2. The lowest BCUT2D eigenvalue weighted by molar-refractivity contribution is 0.563. The Morgan fingerprint density at radius 2 is 1.15 bits per heavy atom. The summed E-state index contributed by atoms with van der Waals surface area (Å²) in [6.07, 6.45) is 8.29. The van der Waals surface area contributed by atoms with E-state index in [2.05, 4.69) is 39.6 Å². The van der Waals surface area contributed by atoms with Gasteiger partial charge in [0.15, 0.2) is 0 Å². The maximum absolute atomic E-state index is 11.0. The van der Waals surface area contributed by atoms with E-state index < -0.39 is 0 Å². The molecule has 3 heteroatoms. The molecule has 3 nitrogen and oxygen atoms in total. The third-order valence-electron chi connectivity index (χ3n) is 3.54. The Balaban J connectivity index is -0.0000000544. The molecule has 2 heterocycles. The first-order valence-corrected chi connectivity index (χ1v) is 11.8. The molecule has 0 spiro atoms. The minimum absolute atomic E-state index is 0. The summed E-state index contributed by atoms with van der Waals surface area (Å²) in [5, 5.41) is 0. The summed E-state index contributed by atoms with van der Waals surface area (Å²) < 4.78 is 1.69. The Morgan fingerprint density at radius 1 is 0.735 bits per heavy atom. The average molecular weight is 483 g/mol. The molecule has 0 unspecified atom stereocenters. The van der Waals surface area contributed by atoms with E-state index in [1.807, 2.05) is 65.8 Å². The molecule has 1 aliphatic rings. The molecule has 0 aliphatic heterocycles. The van der Waals surface area contributed by atoms with Crippen LogP contribution in [0.4, 0.5) is 0 Å². The minimum atomic E-state index is 0. The van der Waals surface area contributed by atoms with Gasteiger partial charge in [-0.3, -0.25) is 9.78 Å². The molecule has 1 saturated carbocycles. The number of nitrogens with zero attached hydrogens (tertiary/aromatic N) is 2. The highest BCUT2D eigenvalue weighted by molar-refractivity contribution is 4.94.